The molecule has 0 fully saturated rings. The average Bonchev–Trinajstić information content (AvgIpc) is 3.12. The van der Waals surface area contributed by atoms with Crippen molar-refractivity contribution < 1.29 is 22.3 Å². The maximum atomic E-state index is 14.4. The van der Waals surface area contributed by atoms with E-state index in [-0.39, 0.29) is 5.75 Å². The van der Waals surface area contributed by atoms with E-state index in [1.807, 2.05) is 13.8 Å². The van der Waals surface area contributed by atoms with E-state index >= 15 is 0 Å². The number of sulfone groups is 1. The minimum absolute atomic E-state index is 0.310. The fourth-order valence-electron chi connectivity index (χ4n) is 4.36. The van der Waals surface area contributed by atoms with Crippen LogP contribution >= 0.6 is 0 Å². The Morgan fingerprint density at radius 2 is 1.83 bits per heavy atom. The third-order valence-electron chi connectivity index (χ3n) is 5.95. The van der Waals surface area contributed by atoms with Crippen molar-refractivity contribution in [2.75, 3.05) is 25.7 Å². The van der Waals surface area contributed by atoms with Crippen molar-refractivity contribution in [3.05, 3.63) is 76.6 Å². The van der Waals surface area contributed by atoms with Crippen molar-refractivity contribution >= 4 is 21.0 Å². The number of aryl methyl sites for hydroxylation is 1. The van der Waals surface area contributed by atoms with Gasteiger partial charge in [-0.3, -0.25) is 9.13 Å². The monoisotopic (exact) mass is 513 g/mol. The maximum absolute atomic E-state index is 14.4. The lowest BCUT2D eigenvalue weighted by molar-refractivity contribution is 0.310. The number of ether oxygens (including phenoxy) is 2. The van der Waals surface area contributed by atoms with Gasteiger partial charge in [0.05, 0.1) is 31.0 Å². The van der Waals surface area contributed by atoms with Crippen LogP contribution in [0.5, 0.6) is 11.5 Å². The molecule has 10 heteroatoms. The number of halogens is 1. The number of methoxy groups -OCH3 is 1. The van der Waals surface area contributed by atoms with Crippen molar-refractivity contribution in [2.24, 2.45) is 0 Å². The van der Waals surface area contributed by atoms with Gasteiger partial charge in [-0.25, -0.2) is 22.6 Å². The highest BCUT2D eigenvalue weighted by molar-refractivity contribution is 7.90. The fraction of sp³-hybridized carbons (Fsp3) is 0.308. The van der Waals surface area contributed by atoms with Crippen LogP contribution in [0.2, 0.25) is 0 Å². The van der Waals surface area contributed by atoms with Gasteiger partial charge in [0.25, 0.3) is 0 Å². The van der Waals surface area contributed by atoms with Crippen LogP contribution in [0.3, 0.4) is 0 Å². The molecule has 0 amide bonds. The topological polar surface area (TPSA) is 92.4 Å². The number of benzene rings is 2. The molecule has 0 radical (unpaired) electrons. The van der Waals surface area contributed by atoms with Gasteiger partial charge >= 0.3 is 5.69 Å². The van der Waals surface area contributed by atoms with E-state index in [1.54, 1.807) is 42.5 Å². The van der Waals surface area contributed by atoms with Crippen LogP contribution in [0.25, 0.3) is 22.3 Å². The molecule has 2 aromatic heterocycles. The van der Waals surface area contributed by atoms with Gasteiger partial charge in [0.2, 0.25) is 0 Å². The molecule has 0 bridgehead atoms. The largest absolute Gasteiger partial charge is 0.493 e. The Labute approximate surface area is 208 Å². The zero-order valence-electron chi connectivity index (χ0n) is 20.6. The Morgan fingerprint density at radius 3 is 2.47 bits per heavy atom. The lowest BCUT2D eigenvalue weighted by atomic mass is 10.1. The lowest BCUT2D eigenvalue weighted by Gasteiger charge is -2.20. The van der Waals surface area contributed by atoms with Gasteiger partial charge < -0.3 is 9.47 Å². The molecular formula is C26H28FN3O5S. The number of rotatable bonds is 9. The summed E-state index contributed by atoms with van der Waals surface area (Å²) in [6.07, 6.45) is 2.62. The second-order valence-electron chi connectivity index (χ2n) is 8.39. The molecule has 8 nitrogen and oxygen atoms in total. The molecule has 0 unspecified atom stereocenters. The number of nitrogens with zero attached hydrogens (tertiary/aromatic N) is 3. The Kier molecular flexibility index (Phi) is 7.16. The first-order valence-corrected chi connectivity index (χ1v) is 13.6. The SMILES string of the molecule is CCOc1cc([C@H](CS(C)(=O)=O)n2c(=O)n(CC)c3cc(-c4ccccc4F)cnc32)ccc1OC. The normalized spacial score (nSPS) is 12.6. The van der Waals surface area contributed by atoms with E-state index in [0.717, 1.165) is 6.26 Å². The molecule has 0 spiro atoms. The summed E-state index contributed by atoms with van der Waals surface area (Å²) < 4.78 is 53.4. The van der Waals surface area contributed by atoms with Crippen molar-refractivity contribution in [2.45, 2.75) is 26.4 Å². The van der Waals surface area contributed by atoms with Crippen LogP contribution in [0.4, 0.5) is 4.39 Å². The van der Waals surface area contributed by atoms with E-state index in [1.165, 1.54) is 28.5 Å². The third-order valence-corrected chi connectivity index (χ3v) is 6.87. The molecule has 190 valence electrons. The predicted octanol–water partition coefficient (Wildman–Crippen LogP) is 4.07. The van der Waals surface area contributed by atoms with Gasteiger partial charge in [0, 0.05) is 30.1 Å². The third kappa shape index (κ3) is 4.86. The van der Waals surface area contributed by atoms with Gasteiger partial charge in [-0.05, 0) is 43.7 Å². The number of aromatic nitrogens is 3. The highest BCUT2D eigenvalue weighted by Crippen LogP contribution is 2.33. The second-order valence-corrected chi connectivity index (χ2v) is 10.6. The van der Waals surface area contributed by atoms with Crippen LogP contribution in [0, 0.1) is 5.82 Å². The molecule has 36 heavy (non-hydrogen) atoms. The Morgan fingerprint density at radius 1 is 1.08 bits per heavy atom. The quantitative estimate of drug-likeness (QED) is 0.335. The van der Waals surface area contributed by atoms with Crippen LogP contribution in [0.1, 0.15) is 25.5 Å². The van der Waals surface area contributed by atoms with Gasteiger partial charge in [-0.2, -0.15) is 0 Å². The summed E-state index contributed by atoms with van der Waals surface area (Å²) in [6.45, 7) is 4.35. The zero-order chi connectivity index (χ0) is 26.0. The van der Waals surface area contributed by atoms with E-state index < -0.39 is 27.4 Å². The molecule has 4 aromatic rings. The van der Waals surface area contributed by atoms with Gasteiger partial charge in [-0.1, -0.05) is 24.3 Å². The van der Waals surface area contributed by atoms with Crippen LogP contribution in [0.15, 0.2) is 59.5 Å². The Balaban J connectivity index is 1.97. The Hall–Kier alpha value is -3.66. The molecule has 0 saturated heterocycles. The minimum atomic E-state index is -3.52. The van der Waals surface area contributed by atoms with Gasteiger partial charge in [-0.15, -0.1) is 0 Å². The van der Waals surface area contributed by atoms with E-state index in [9.17, 15) is 17.6 Å². The molecular weight excluding hydrogens is 485 g/mol. The standard InChI is InChI=1S/C26H28FN3O5S/c1-5-29-21-13-18(19-9-7-8-10-20(19)27)15-28-25(21)30(26(29)31)22(16-36(4,32)33)17-11-12-23(34-3)24(14-17)35-6-2/h7-15,22H,5-6,16H2,1-4H3/t22-/m0/s1. The average molecular weight is 514 g/mol. The second kappa shape index (κ2) is 10.1. The van der Waals surface area contributed by atoms with Crippen molar-refractivity contribution in [1.82, 2.24) is 14.1 Å². The molecule has 2 aromatic carbocycles. The molecule has 1 atom stereocenters. The summed E-state index contributed by atoms with van der Waals surface area (Å²) in [5, 5.41) is 0. The predicted molar refractivity (Wildman–Crippen MR) is 137 cm³/mol. The first-order chi connectivity index (χ1) is 17.2. The van der Waals surface area contributed by atoms with E-state index in [0.29, 0.717) is 52.5 Å². The summed E-state index contributed by atoms with van der Waals surface area (Å²) in [5.74, 6) is 0.206. The molecule has 0 aliphatic carbocycles. The fourth-order valence-corrected chi connectivity index (χ4v) is 5.27. The first-order valence-electron chi connectivity index (χ1n) is 11.5. The van der Waals surface area contributed by atoms with Crippen LogP contribution in [-0.4, -0.2) is 48.3 Å². The van der Waals surface area contributed by atoms with Crippen molar-refractivity contribution in [3.63, 3.8) is 0 Å². The number of pyridine rings is 1. The van der Waals surface area contributed by atoms with E-state index in [4.69, 9.17) is 9.47 Å². The smallest absolute Gasteiger partial charge is 0.330 e. The van der Waals surface area contributed by atoms with E-state index in [2.05, 4.69) is 4.98 Å². The molecule has 0 aliphatic rings. The first kappa shape index (κ1) is 25.4. The summed E-state index contributed by atoms with van der Waals surface area (Å²) in [6, 6.07) is 12.2. The molecule has 4 rings (SSSR count). The Bertz CT molecular complexity index is 1580. The lowest BCUT2D eigenvalue weighted by Crippen LogP contribution is -2.31. The molecule has 0 saturated carbocycles. The number of imidazole rings is 1. The van der Waals surface area contributed by atoms with Gasteiger partial charge in [0.1, 0.15) is 15.7 Å². The minimum Gasteiger partial charge on any atom is -0.493 e. The number of hydrogen-bond acceptors (Lipinski definition) is 6. The number of fused-ring (bicyclic) bond motifs is 1. The molecule has 0 aliphatic heterocycles. The van der Waals surface area contributed by atoms with Gasteiger partial charge in [0.15, 0.2) is 17.1 Å². The summed E-state index contributed by atoms with van der Waals surface area (Å²) >= 11 is 0. The summed E-state index contributed by atoms with van der Waals surface area (Å²) in [4.78, 5) is 18.2. The van der Waals surface area contributed by atoms with Crippen molar-refractivity contribution in [3.8, 4) is 22.6 Å². The van der Waals surface area contributed by atoms with Crippen LogP contribution < -0.4 is 15.2 Å². The molecule has 2 heterocycles. The summed E-state index contributed by atoms with van der Waals surface area (Å²) in [7, 11) is -2.00. The van der Waals surface area contributed by atoms with Crippen LogP contribution in [-0.2, 0) is 16.4 Å². The zero-order valence-corrected chi connectivity index (χ0v) is 21.4. The maximum Gasteiger partial charge on any atom is 0.330 e. The molecule has 0 N–H and O–H groups in total. The highest BCUT2D eigenvalue weighted by atomic mass is 32.2. The summed E-state index contributed by atoms with van der Waals surface area (Å²) in [5.41, 5.74) is 1.82. The highest BCUT2D eigenvalue weighted by Gasteiger charge is 2.27. The number of hydrogen-bond donors (Lipinski definition) is 0. The van der Waals surface area contributed by atoms with Crippen molar-refractivity contribution in [1.29, 1.82) is 0 Å².